The molecule has 2 heterocycles. The summed E-state index contributed by atoms with van der Waals surface area (Å²) in [5.41, 5.74) is 0.451. The van der Waals surface area contributed by atoms with Crippen LogP contribution in [0.1, 0.15) is 17.4 Å². The highest BCUT2D eigenvalue weighted by Gasteiger charge is 2.24. The predicted octanol–water partition coefficient (Wildman–Crippen LogP) is 0.452. The molecule has 0 saturated carbocycles. The Hall–Kier alpha value is -2.11. The predicted molar refractivity (Wildman–Crippen MR) is 76.7 cm³/mol. The Bertz CT molecular complexity index is 508. The van der Waals surface area contributed by atoms with Gasteiger partial charge in [-0.05, 0) is 12.1 Å². The summed E-state index contributed by atoms with van der Waals surface area (Å²) in [5, 5.41) is 0. The zero-order valence-corrected chi connectivity index (χ0v) is 12.2. The van der Waals surface area contributed by atoms with Gasteiger partial charge in [0.2, 0.25) is 5.91 Å². The Morgan fingerprint density at radius 2 is 1.70 bits per heavy atom. The molecule has 0 spiro atoms. The zero-order chi connectivity index (χ0) is 14.7. The highest BCUT2D eigenvalue weighted by molar-refractivity contribution is 5.92. The van der Waals surface area contributed by atoms with E-state index in [9.17, 15) is 9.59 Å². The molecule has 1 saturated heterocycles. The molecule has 0 bridgehead atoms. The molecule has 0 aromatic carbocycles. The van der Waals surface area contributed by atoms with Crippen LogP contribution in [0.2, 0.25) is 0 Å². The lowest BCUT2D eigenvalue weighted by atomic mass is 10.2. The van der Waals surface area contributed by atoms with Crippen molar-refractivity contribution in [2.24, 2.45) is 0 Å². The largest absolute Gasteiger partial charge is 0.363 e. The van der Waals surface area contributed by atoms with Crippen LogP contribution < -0.4 is 4.90 Å². The number of aromatic nitrogens is 1. The molecule has 1 fully saturated rings. The molecular weight excluding hydrogens is 256 g/mol. The minimum absolute atomic E-state index is 0.0600. The second kappa shape index (κ2) is 5.90. The van der Waals surface area contributed by atoms with Crippen LogP contribution in [0.5, 0.6) is 0 Å². The van der Waals surface area contributed by atoms with Gasteiger partial charge in [-0.3, -0.25) is 9.59 Å². The van der Waals surface area contributed by atoms with Gasteiger partial charge >= 0.3 is 0 Å². The van der Waals surface area contributed by atoms with E-state index in [2.05, 4.69) is 4.98 Å². The summed E-state index contributed by atoms with van der Waals surface area (Å²) in [6, 6.07) is 5.43. The summed E-state index contributed by atoms with van der Waals surface area (Å²) in [6.45, 7) is 3.86. The minimum atomic E-state index is -0.0723. The number of amides is 2. The molecule has 0 unspecified atom stereocenters. The molecule has 2 amide bonds. The van der Waals surface area contributed by atoms with Gasteiger partial charge in [0, 0.05) is 47.2 Å². The highest BCUT2D eigenvalue weighted by Crippen LogP contribution is 2.11. The van der Waals surface area contributed by atoms with E-state index in [0.29, 0.717) is 31.9 Å². The molecule has 20 heavy (non-hydrogen) atoms. The third-order valence-corrected chi connectivity index (χ3v) is 3.42. The number of anilines is 1. The van der Waals surface area contributed by atoms with Crippen molar-refractivity contribution >= 4 is 17.6 Å². The van der Waals surface area contributed by atoms with E-state index in [-0.39, 0.29) is 11.8 Å². The average molecular weight is 276 g/mol. The molecule has 1 aromatic heterocycles. The fourth-order valence-electron chi connectivity index (χ4n) is 2.18. The molecule has 0 radical (unpaired) electrons. The normalized spacial score (nSPS) is 15.2. The summed E-state index contributed by atoms with van der Waals surface area (Å²) in [4.78, 5) is 33.4. The van der Waals surface area contributed by atoms with E-state index in [1.165, 1.54) is 0 Å². The minimum Gasteiger partial charge on any atom is -0.363 e. The second-order valence-electron chi connectivity index (χ2n) is 5.07. The van der Waals surface area contributed by atoms with Crippen LogP contribution in [0.25, 0.3) is 0 Å². The quantitative estimate of drug-likeness (QED) is 0.787. The van der Waals surface area contributed by atoms with Crippen molar-refractivity contribution in [2.75, 3.05) is 45.2 Å². The molecule has 6 heteroatoms. The van der Waals surface area contributed by atoms with Gasteiger partial charge in [0.1, 0.15) is 11.5 Å². The molecule has 0 N–H and O–H groups in total. The van der Waals surface area contributed by atoms with Crippen molar-refractivity contribution in [1.82, 2.24) is 14.8 Å². The number of carbonyl (C=O) groups is 2. The number of piperazine rings is 1. The Labute approximate surface area is 119 Å². The van der Waals surface area contributed by atoms with Crippen molar-refractivity contribution in [1.29, 1.82) is 0 Å². The van der Waals surface area contributed by atoms with Crippen LogP contribution in [-0.4, -0.2) is 66.9 Å². The number of pyridine rings is 1. The van der Waals surface area contributed by atoms with E-state index < -0.39 is 0 Å². The zero-order valence-electron chi connectivity index (χ0n) is 12.2. The molecule has 2 rings (SSSR count). The van der Waals surface area contributed by atoms with E-state index in [4.69, 9.17) is 0 Å². The Balaban J connectivity index is 2.05. The maximum Gasteiger partial charge on any atom is 0.272 e. The van der Waals surface area contributed by atoms with Gasteiger partial charge in [0.05, 0.1) is 0 Å². The van der Waals surface area contributed by atoms with E-state index in [1.807, 2.05) is 31.1 Å². The van der Waals surface area contributed by atoms with Gasteiger partial charge in [0.25, 0.3) is 5.91 Å². The van der Waals surface area contributed by atoms with Crippen molar-refractivity contribution in [2.45, 2.75) is 6.92 Å². The molecule has 1 aliphatic heterocycles. The van der Waals surface area contributed by atoms with E-state index in [0.717, 1.165) is 5.82 Å². The maximum absolute atomic E-state index is 12.4. The topological polar surface area (TPSA) is 56.8 Å². The lowest BCUT2D eigenvalue weighted by molar-refractivity contribution is -0.130. The lowest BCUT2D eigenvalue weighted by Gasteiger charge is -2.34. The second-order valence-corrected chi connectivity index (χ2v) is 5.07. The molecule has 6 nitrogen and oxygen atoms in total. The van der Waals surface area contributed by atoms with Crippen molar-refractivity contribution in [3.05, 3.63) is 23.9 Å². The molecule has 1 aromatic rings. The van der Waals surface area contributed by atoms with E-state index in [1.54, 1.807) is 22.8 Å². The molecule has 0 aliphatic carbocycles. The number of carbonyl (C=O) groups excluding carboxylic acids is 2. The Morgan fingerprint density at radius 1 is 1.10 bits per heavy atom. The van der Waals surface area contributed by atoms with Crippen molar-refractivity contribution in [3.8, 4) is 0 Å². The maximum atomic E-state index is 12.4. The lowest BCUT2D eigenvalue weighted by Crippen LogP contribution is -2.50. The van der Waals surface area contributed by atoms with Gasteiger partial charge in [-0.25, -0.2) is 4.98 Å². The SMILES string of the molecule is CC(=O)N1CCN(C(=O)c2cccc(N(C)C)n2)CC1. The first-order valence-corrected chi connectivity index (χ1v) is 6.68. The van der Waals surface area contributed by atoms with Crippen LogP contribution in [0.15, 0.2) is 18.2 Å². The summed E-state index contributed by atoms with van der Waals surface area (Å²) in [5.74, 6) is 0.750. The van der Waals surface area contributed by atoms with Crippen LogP contribution in [0, 0.1) is 0 Å². The fraction of sp³-hybridized carbons (Fsp3) is 0.500. The van der Waals surface area contributed by atoms with E-state index >= 15 is 0 Å². The van der Waals surface area contributed by atoms with Crippen LogP contribution in [0.3, 0.4) is 0 Å². The third kappa shape index (κ3) is 3.07. The standard InChI is InChI=1S/C14H20N4O2/c1-11(19)17-7-9-18(10-8-17)14(20)12-5-4-6-13(15-12)16(2)3/h4-6H,7-10H2,1-3H3. The van der Waals surface area contributed by atoms with Gasteiger partial charge in [-0.2, -0.15) is 0 Å². The van der Waals surface area contributed by atoms with Gasteiger partial charge in [0.15, 0.2) is 0 Å². The average Bonchev–Trinajstić information content (AvgIpc) is 2.46. The number of nitrogens with zero attached hydrogens (tertiary/aromatic N) is 4. The van der Waals surface area contributed by atoms with Crippen molar-refractivity contribution in [3.63, 3.8) is 0 Å². The molecule has 1 aliphatic rings. The first-order valence-electron chi connectivity index (χ1n) is 6.68. The first kappa shape index (κ1) is 14.3. The summed E-state index contributed by atoms with van der Waals surface area (Å²) < 4.78 is 0. The van der Waals surface area contributed by atoms with Crippen LogP contribution >= 0.6 is 0 Å². The summed E-state index contributed by atoms with van der Waals surface area (Å²) >= 11 is 0. The van der Waals surface area contributed by atoms with Crippen LogP contribution in [-0.2, 0) is 4.79 Å². The number of rotatable bonds is 2. The monoisotopic (exact) mass is 276 g/mol. The Kier molecular flexibility index (Phi) is 4.22. The van der Waals surface area contributed by atoms with Gasteiger partial charge < -0.3 is 14.7 Å². The highest BCUT2D eigenvalue weighted by atomic mass is 16.2. The summed E-state index contributed by atoms with van der Waals surface area (Å²) in [6.07, 6.45) is 0. The Morgan fingerprint density at radius 3 is 2.25 bits per heavy atom. The van der Waals surface area contributed by atoms with Gasteiger partial charge in [-0.1, -0.05) is 6.07 Å². The molecule has 0 atom stereocenters. The fourth-order valence-corrected chi connectivity index (χ4v) is 2.18. The number of hydrogen-bond donors (Lipinski definition) is 0. The van der Waals surface area contributed by atoms with Crippen molar-refractivity contribution < 1.29 is 9.59 Å². The summed E-state index contributed by atoms with van der Waals surface area (Å²) in [7, 11) is 3.78. The van der Waals surface area contributed by atoms with Crippen LogP contribution in [0.4, 0.5) is 5.82 Å². The number of hydrogen-bond acceptors (Lipinski definition) is 4. The first-order chi connectivity index (χ1) is 9.49. The smallest absolute Gasteiger partial charge is 0.272 e. The molecular formula is C14H20N4O2. The van der Waals surface area contributed by atoms with Gasteiger partial charge in [-0.15, -0.1) is 0 Å². The third-order valence-electron chi connectivity index (χ3n) is 3.42. The molecule has 108 valence electrons.